The Kier molecular flexibility index (Phi) is 5.89. The molecule has 1 aliphatic rings. The minimum absolute atomic E-state index is 0.0325. The molecular weight excluding hydrogens is 438 g/mol. The average molecular weight is 464 g/mol. The summed E-state index contributed by atoms with van der Waals surface area (Å²) in [7, 11) is 0. The number of piperidine rings is 1. The molecular formula is C25H26ClN5O2. The summed E-state index contributed by atoms with van der Waals surface area (Å²) in [6.45, 7) is 4.96. The van der Waals surface area contributed by atoms with Crippen molar-refractivity contribution in [2.24, 2.45) is 5.92 Å². The lowest BCUT2D eigenvalue weighted by Gasteiger charge is -2.40. The van der Waals surface area contributed by atoms with Crippen LogP contribution in [0.15, 0.2) is 53.5 Å². The zero-order chi connectivity index (χ0) is 22.9. The van der Waals surface area contributed by atoms with E-state index in [4.69, 9.17) is 16.0 Å². The van der Waals surface area contributed by atoms with Crippen LogP contribution in [-0.2, 0) is 6.42 Å². The minimum atomic E-state index is 0.0325. The van der Waals surface area contributed by atoms with Crippen LogP contribution in [0.25, 0.3) is 16.8 Å². The molecule has 2 atom stereocenters. The molecule has 1 amide bonds. The highest BCUT2D eigenvalue weighted by atomic mass is 35.5. The van der Waals surface area contributed by atoms with E-state index in [9.17, 15) is 4.79 Å². The smallest absolute Gasteiger partial charge is 0.256 e. The van der Waals surface area contributed by atoms with Crippen molar-refractivity contribution in [3.8, 4) is 5.69 Å². The van der Waals surface area contributed by atoms with Gasteiger partial charge in [-0.3, -0.25) is 4.79 Å². The Balaban J connectivity index is 1.40. The van der Waals surface area contributed by atoms with E-state index in [1.807, 2.05) is 42.2 Å². The Morgan fingerprint density at radius 2 is 2.12 bits per heavy atom. The van der Waals surface area contributed by atoms with Gasteiger partial charge in [-0.2, -0.15) is 5.10 Å². The minimum Gasteiger partial charge on any atom is -0.441 e. The van der Waals surface area contributed by atoms with Crippen molar-refractivity contribution >= 4 is 28.6 Å². The van der Waals surface area contributed by atoms with E-state index in [0.29, 0.717) is 28.8 Å². The molecule has 1 fully saturated rings. The number of oxazole rings is 1. The van der Waals surface area contributed by atoms with Gasteiger partial charge in [-0.1, -0.05) is 30.2 Å². The fourth-order valence-electron chi connectivity index (χ4n) is 4.78. The molecule has 0 N–H and O–H groups in total. The summed E-state index contributed by atoms with van der Waals surface area (Å²) in [5.74, 6) is 1.10. The van der Waals surface area contributed by atoms with Crippen LogP contribution >= 0.6 is 11.6 Å². The van der Waals surface area contributed by atoms with Crippen molar-refractivity contribution < 1.29 is 9.21 Å². The van der Waals surface area contributed by atoms with Gasteiger partial charge >= 0.3 is 0 Å². The van der Waals surface area contributed by atoms with Crippen molar-refractivity contribution in [3.05, 3.63) is 71.1 Å². The van der Waals surface area contributed by atoms with Crippen LogP contribution in [0, 0.1) is 12.8 Å². The number of benzene rings is 2. The van der Waals surface area contributed by atoms with Gasteiger partial charge in [0.05, 0.1) is 11.3 Å². The molecule has 4 aromatic rings. The summed E-state index contributed by atoms with van der Waals surface area (Å²) >= 11 is 6.08. The summed E-state index contributed by atoms with van der Waals surface area (Å²) in [5.41, 5.74) is 3.93. The number of halogens is 1. The molecule has 7 nitrogen and oxygen atoms in total. The van der Waals surface area contributed by atoms with Crippen molar-refractivity contribution in [2.75, 3.05) is 6.54 Å². The average Bonchev–Trinajstić information content (AvgIpc) is 3.47. The van der Waals surface area contributed by atoms with Crippen LogP contribution in [0.5, 0.6) is 0 Å². The van der Waals surface area contributed by atoms with Crippen LogP contribution in [0.1, 0.15) is 48.0 Å². The van der Waals surface area contributed by atoms with Gasteiger partial charge in [0.2, 0.25) is 0 Å². The van der Waals surface area contributed by atoms with E-state index < -0.39 is 0 Å². The predicted molar refractivity (Wildman–Crippen MR) is 127 cm³/mol. The molecule has 3 heterocycles. The van der Waals surface area contributed by atoms with E-state index in [0.717, 1.165) is 48.2 Å². The number of rotatable bonds is 5. The number of fused-ring (bicyclic) bond motifs is 1. The second-order valence-electron chi connectivity index (χ2n) is 8.80. The van der Waals surface area contributed by atoms with Gasteiger partial charge in [-0.05, 0) is 62.4 Å². The molecule has 0 spiro atoms. The molecule has 2 aromatic carbocycles. The van der Waals surface area contributed by atoms with Crippen molar-refractivity contribution in [2.45, 2.75) is 45.6 Å². The van der Waals surface area contributed by atoms with E-state index in [1.165, 1.54) is 6.33 Å². The lowest BCUT2D eigenvalue weighted by molar-refractivity contribution is 0.0496. The number of aromatic nitrogens is 4. The predicted octanol–water partition coefficient (Wildman–Crippen LogP) is 5.24. The Morgan fingerprint density at radius 1 is 1.24 bits per heavy atom. The fourth-order valence-corrected chi connectivity index (χ4v) is 4.94. The Bertz CT molecular complexity index is 1280. The van der Waals surface area contributed by atoms with Crippen molar-refractivity contribution in [1.82, 2.24) is 24.6 Å². The highest BCUT2D eigenvalue weighted by Gasteiger charge is 2.33. The fraction of sp³-hybridized carbons (Fsp3) is 0.360. The molecule has 0 bridgehead atoms. The number of aryl methyl sites for hydroxylation is 2. The first-order valence-corrected chi connectivity index (χ1v) is 11.7. The monoisotopic (exact) mass is 463 g/mol. The highest BCUT2D eigenvalue weighted by Crippen LogP contribution is 2.30. The van der Waals surface area contributed by atoms with E-state index in [1.54, 1.807) is 17.1 Å². The van der Waals surface area contributed by atoms with Gasteiger partial charge in [0.25, 0.3) is 5.91 Å². The molecule has 1 saturated heterocycles. The zero-order valence-corrected chi connectivity index (χ0v) is 19.5. The lowest BCUT2D eigenvalue weighted by Crippen LogP contribution is -2.48. The van der Waals surface area contributed by atoms with Crippen LogP contribution in [-0.4, -0.2) is 43.1 Å². The van der Waals surface area contributed by atoms with Crippen molar-refractivity contribution in [1.29, 1.82) is 0 Å². The van der Waals surface area contributed by atoms with Gasteiger partial charge in [-0.15, -0.1) is 0 Å². The van der Waals surface area contributed by atoms with E-state index in [2.05, 4.69) is 22.0 Å². The van der Waals surface area contributed by atoms with Gasteiger partial charge < -0.3 is 9.32 Å². The summed E-state index contributed by atoms with van der Waals surface area (Å²) in [6.07, 6.45) is 6.65. The molecule has 170 valence electrons. The standard InChI is InChI=1S/C25H26ClN5O2/c1-16-5-7-22(31-15-27-14-28-31)19(12-16)25(32)30-11-3-4-17(2)21(30)8-10-24-29-20-13-18(26)6-9-23(20)33-24/h5-7,9,12-15,17,21H,3-4,8,10-11H2,1-2H3/t17-,21-/m1/s1. The molecule has 5 rings (SSSR count). The van der Waals surface area contributed by atoms with Crippen LogP contribution < -0.4 is 0 Å². The van der Waals surface area contributed by atoms with Gasteiger partial charge in [0.1, 0.15) is 18.2 Å². The number of carbonyl (C=O) groups excluding carboxylic acids is 1. The quantitative estimate of drug-likeness (QED) is 0.404. The SMILES string of the molecule is Cc1ccc(-n2cncn2)c(C(=O)N2CCC[C@@H](C)[C@H]2CCc2nc3cc(Cl)ccc3o2)c1. The number of likely N-dealkylation sites (tertiary alicyclic amines) is 1. The third kappa shape index (κ3) is 4.37. The zero-order valence-electron chi connectivity index (χ0n) is 18.7. The third-order valence-electron chi connectivity index (χ3n) is 6.47. The number of amides is 1. The van der Waals surface area contributed by atoms with Crippen LogP contribution in [0.3, 0.4) is 0 Å². The summed E-state index contributed by atoms with van der Waals surface area (Å²) in [5, 5.41) is 4.89. The first-order valence-electron chi connectivity index (χ1n) is 11.3. The Morgan fingerprint density at radius 3 is 2.94 bits per heavy atom. The molecule has 33 heavy (non-hydrogen) atoms. The van der Waals surface area contributed by atoms with Gasteiger partial charge in [-0.25, -0.2) is 14.6 Å². The molecule has 8 heteroatoms. The summed E-state index contributed by atoms with van der Waals surface area (Å²) < 4.78 is 7.57. The highest BCUT2D eigenvalue weighted by molar-refractivity contribution is 6.31. The van der Waals surface area contributed by atoms with Gasteiger partial charge in [0, 0.05) is 24.0 Å². The Labute approximate surface area is 197 Å². The second kappa shape index (κ2) is 8.98. The molecule has 0 aliphatic carbocycles. The number of hydrogen-bond acceptors (Lipinski definition) is 5. The molecule has 0 radical (unpaired) electrons. The maximum Gasteiger partial charge on any atom is 0.256 e. The number of carbonyl (C=O) groups is 1. The lowest BCUT2D eigenvalue weighted by atomic mass is 9.87. The summed E-state index contributed by atoms with van der Waals surface area (Å²) in [6, 6.07) is 11.4. The molecule has 1 aliphatic heterocycles. The first kappa shape index (κ1) is 21.6. The van der Waals surface area contributed by atoms with Crippen LogP contribution in [0.4, 0.5) is 0 Å². The topological polar surface area (TPSA) is 77.1 Å². The molecule has 2 aromatic heterocycles. The maximum absolute atomic E-state index is 13.8. The second-order valence-corrected chi connectivity index (χ2v) is 9.24. The van der Waals surface area contributed by atoms with E-state index >= 15 is 0 Å². The largest absolute Gasteiger partial charge is 0.441 e. The first-order chi connectivity index (χ1) is 16.0. The van der Waals surface area contributed by atoms with Gasteiger partial charge in [0.15, 0.2) is 11.5 Å². The van der Waals surface area contributed by atoms with Crippen molar-refractivity contribution in [3.63, 3.8) is 0 Å². The van der Waals surface area contributed by atoms with E-state index in [-0.39, 0.29) is 11.9 Å². The molecule has 0 unspecified atom stereocenters. The normalized spacial score (nSPS) is 18.7. The number of nitrogens with zero attached hydrogens (tertiary/aromatic N) is 5. The third-order valence-corrected chi connectivity index (χ3v) is 6.71. The van der Waals surface area contributed by atoms with Crippen LogP contribution in [0.2, 0.25) is 5.02 Å². The number of hydrogen-bond donors (Lipinski definition) is 0. The Hall–Kier alpha value is -3.19. The molecule has 0 saturated carbocycles. The summed E-state index contributed by atoms with van der Waals surface area (Å²) in [4.78, 5) is 24.5. The maximum atomic E-state index is 13.8.